The molecule has 4 rings (SSSR count). The summed E-state index contributed by atoms with van der Waals surface area (Å²) < 4.78 is 5.21. The molecule has 0 radical (unpaired) electrons. The van der Waals surface area contributed by atoms with Crippen LogP contribution in [0.15, 0.2) is 54.7 Å². The molecule has 0 amide bonds. The Labute approximate surface area is 220 Å². The molecule has 36 heavy (non-hydrogen) atoms. The molecular formula is C31H38N2O2S. The van der Waals surface area contributed by atoms with Gasteiger partial charge in [-0.25, -0.2) is 4.98 Å². The van der Waals surface area contributed by atoms with Crippen molar-refractivity contribution in [3.63, 3.8) is 0 Å². The first-order valence-electron chi connectivity index (χ1n) is 12.7. The van der Waals surface area contributed by atoms with Gasteiger partial charge < -0.3 is 9.72 Å². The normalized spacial score (nSPS) is 15.4. The van der Waals surface area contributed by atoms with Gasteiger partial charge in [0, 0.05) is 28.8 Å². The molecule has 2 aromatic carbocycles. The molecule has 0 aliphatic heterocycles. The van der Waals surface area contributed by atoms with Crippen LogP contribution >= 0.6 is 11.8 Å². The van der Waals surface area contributed by atoms with Crippen LogP contribution in [0.3, 0.4) is 0 Å². The molecule has 0 bridgehead atoms. The van der Waals surface area contributed by atoms with Crippen LogP contribution in [0.2, 0.25) is 0 Å². The zero-order valence-corrected chi connectivity index (χ0v) is 23.2. The number of imidazole rings is 1. The average Bonchev–Trinajstić information content (AvgIpc) is 3.30. The minimum Gasteiger partial charge on any atom is -0.497 e. The van der Waals surface area contributed by atoms with Crippen LogP contribution in [0.4, 0.5) is 0 Å². The summed E-state index contributed by atoms with van der Waals surface area (Å²) in [5, 5.41) is 0. The second kappa shape index (κ2) is 10.7. The predicted octanol–water partition coefficient (Wildman–Crippen LogP) is 7.91. The number of nitrogens with zero attached hydrogens (tertiary/aromatic N) is 1. The van der Waals surface area contributed by atoms with Crippen molar-refractivity contribution in [3.05, 3.63) is 88.5 Å². The number of H-pyrrole nitrogens is 1. The molecule has 1 aliphatic rings. The molecule has 0 spiro atoms. The van der Waals surface area contributed by atoms with Gasteiger partial charge in [0.2, 0.25) is 5.78 Å². The zero-order chi connectivity index (χ0) is 25.9. The number of Topliss-reactive ketones (excluding diaryl/α,β-unsaturated/α-hetero) is 1. The van der Waals surface area contributed by atoms with E-state index >= 15 is 0 Å². The summed E-state index contributed by atoms with van der Waals surface area (Å²) >= 11 is 1.93. The summed E-state index contributed by atoms with van der Waals surface area (Å²) in [5.41, 5.74) is 7.47. The smallest absolute Gasteiger partial charge is 0.202 e. The van der Waals surface area contributed by atoms with Crippen LogP contribution in [-0.4, -0.2) is 22.9 Å². The molecule has 1 aliphatic carbocycles. The number of ketones is 1. The number of allylic oxidation sites excluding steroid dienone is 2. The Morgan fingerprint density at radius 2 is 1.92 bits per heavy atom. The number of hydrogen-bond donors (Lipinski definition) is 1. The molecule has 1 N–H and O–H groups in total. The lowest BCUT2D eigenvalue weighted by molar-refractivity contribution is 0.0983. The predicted molar refractivity (Wildman–Crippen MR) is 151 cm³/mol. The van der Waals surface area contributed by atoms with Crippen LogP contribution in [-0.2, 0) is 16.9 Å². The summed E-state index contributed by atoms with van der Waals surface area (Å²) in [6.07, 6.45) is 7.71. The molecule has 4 nitrogen and oxygen atoms in total. The van der Waals surface area contributed by atoms with E-state index in [-0.39, 0.29) is 10.5 Å². The number of rotatable bonds is 9. The summed E-state index contributed by atoms with van der Waals surface area (Å²) in [4.78, 5) is 20.4. The Morgan fingerprint density at radius 3 is 2.53 bits per heavy atom. The fourth-order valence-electron chi connectivity index (χ4n) is 4.61. The van der Waals surface area contributed by atoms with Crippen molar-refractivity contribution in [2.45, 2.75) is 70.8 Å². The van der Waals surface area contributed by atoms with Gasteiger partial charge in [0.15, 0.2) is 5.82 Å². The average molecular weight is 503 g/mol. The van der Waals surface area contributed by atoms with Crippen molar-refractivity contribution in [3.8, 4) is 5.75 Å². The molecule has 5 heteroatoms. The highest BCUT2D eigenvalue weighted by Crippen LogP contribution is 2.42. The Kier molecular flexibility index (Phi) is 7.79. The number of carbonyl (C=O) groups excluding carboxylic acids is 1. The third-order valence-electron chi connectivity index (χ3n) is 7.20. The fourth-order valence-corrected chi connectivity index (χ4v) is 5.62. The van der Waals surface area contributed by atoms with Gasteiger partial charge in [0.25, 0.3) is 0 Å². The zero-order valence-electron chi connectivity index (χ0n) is 22.4. The molecule has 3 aromatic rings. The van der Waals surface area contributed by atoms with Gasteiger partial charge in [-0.2, -0.15) is 0 Å². The van der Waals surface area contributed by atoms with Crippen LogP contribution in [0.1, 0.15) is 85.5 Å². The standard InChI is InChI=1S/C31H38N2O2S/c1-21-19-32-29(33-21)28(34)17-24-9-10-25(18-27(24)23-13-15-30(2,3)16-14-23)31(4,5)36-20-22-7-11-26(35-6)12-8-22/h7-13,18-19H,14-17,20H2,1-6H3,(H,32,33). The first-order valence-corrected chi connectivity index (χ1v) is 13.7. The molecule has 1 aromatic heterocycles. The fraction of sp³-hybridized carbons (Fsp3) is 0.419. The van der Waals surface area contributed by atoms with Gasteiger partial charge in [0.1, 0.15) is 5.75 Å². The number of nitrogens with one attached hydrogen (secondary N) is 1. The summed E-state index contributed by atoms with van der Waals surface area (Å²) in [6, 6.07) is 15.0. The Balaban J connectivity index is 1.61. The third kappa shape index (κ3) is 6.31. The van der Waals surface area contributed by atoms with Crippen molar-refractivity contribution in [2.24, 2.45) is 5.41 Å². The van der Waals surface area contributed by atoms with Crippen LogP contribution in [0.25, 0.3) is 5.57 Å². The van der Waals surface area contributed by atoms with E-state index in [1.807, 2.05) is 30.8 Å². The summed E-state index contributed by atoms with van der Waals surface area (Å²) in [6.45, 7) is 11.2. The number of carbonyl (C=O) groups is 1. The molecular weight excluding hydrogens is 464 g/mol. The van der Waals surface area contributed by atoms with E-state index in [2.05, 4.69) is 74.1 Å². The summed E-state index contributed by atoms with van der Waals surface area (Å²) in [5.74, 6) is 2.27. The van der Waals surface area contributed by atoms with Gasteiger partial charge in [-0.15, -0.1) is 11.8 Å². The van der Waals surface area contributed by atoms with Gasteiger partial charge in [-0.3, -0.25) is 4.79 Å². The first kappa shape index (κ1) is 26.3. The maximum Gasteiger partial charge on any atom is 0.202 e. The van der Waals surface area contributed by atoms with E-state index < -0.39 is 0 Å². The van der Waals surface area contributed by atoms with Gasteiger partial charge >= 0.3 is 0 Å². The maximum absolute atomic E-state index is 13.0. The van der Waals surface area contributed by atoms with E-state index in [1.165, 1.54) is 22.3 Å². The molecule has 190 valence electrons. The lowest BCUT2D eigenvalue weighted by Gasteiger charge is -2.31. The largest absolute Gasteiger partial charge is 0.497 e. The number of benzene rings is 2. The molecule has 0 fully saturated rings. The minimum absolute atomic E-state index is 0.0296. The highest BCUT2D eigenvalue weighted by atomic mass is 32.2. The van der Waals surface area contributed by atoms with E-state index in [9.17, 15) is 4.79 Å². The second-order valence-electron chi connectivity index (χ2n) is 11.1. The third-order valence-corrected chi connectivity index (χ3v) is 8.63. The van der Waals surface area contributed by atoms with Crippen molar-refractivity contribution in [1.29, 1.82) is 0 Å². The van der Waals surface area contributed by atoms with Crippen molar-refractivity contribution in [1.82, 2.24) is 9.97 Å². The van der Waals surface area contributed by atoms with Gasteiger partial charge in [0.05, 0.1) is 7.11 Å². The number of ether oxygens (including phenoxy) is 1. The first-order chi connectivity index (χ1) is 17.1. The Bertz CT molecular complexity index is 1250. The number of aromatic nitrogens is 2. The number of methoxy groups -OCH3 is 1. The lowest BCUT2D eigenvalue weighted by atomic mass is 9.76. The monoisotopic (exact) mass is 502 g/mol. The Hall–Kier alpha value is -2.79. The van der Waals surface area contributed by atoms with Crippen LogP contribution in [0.5, 0.6) is 5.75 Å². The van der Waals surface area contributed by atoms with Gasteiger partial charge in [-0.05, 0) is 91.5 Å². The molecule has 0 saturated carbocycles. The number of aromatic amines is 1. The lowest BCUT2D eigenvalue weighted by Crippen LogP contribution is -2.17. The van der Waals surface area contributed by atoms with Crippen molar-refractivity contribution in [2.75, 3.05) is 7.11 Å². The molecule has 0 atom stereocenters. The maximum atomic E-state index is 13.0. The Morgan fingerprint density at radius 1 is 1.17 bits per heavy atom. The highest BCUT2D eigenvalue weighted by Gasteiger charge is 2.27. The van der Waals surface area contributed by atoms with E-state index in [1.54, 1.807) is 13.3 Å². The van der Waals surface area contributed by atoms with E-state index in [0.717, 1.165) is 42.0 Å². The number of aryl methyl sites for hydroxylation is 1. The summed E-state index contributed by atoms with van der Waals surface area (Å²) in [7, 11) is 1.69. The minimum atomic E-state index is -0.0795. The van der Waals surface area contributed by atoms with E-state index in [4.69, 9.17) is 4.74 Å². The van der Waals surface area contributed by atoms with Gasteiger partial charge in [-0.1, -0.05) is 44.2 Å². The highest BCUT2D eigenvalue weighted by molar-refractivity contribution is 7.99. The number of thioether (sulfide) groups is 1. The SMILES string of the molecule is COc1ccc(CSC(C)(C)c2ccc(CC(=O)c3ncc(C)[nH]3)c(C3=CCC(C)(C)CC3)c2)cc1. The van der Waals surface area contributed by atoms with Crippen molar-refractivity contribution >= 4 is 23.1 Å². The van der Waals surface area contributed by atoms with Crippen LogP contribution < -0.4 is 4.74 Å². The molecule has 0 unspecified atom stereocenters. The number of hydrogen-bond acceptors (Lipinski definition) is 4. The quantitative estimate of drug-likeness (QED) is 0.302. The molecule has 1 heterocycles. The van der Waals surface area contributed by atoms with Crippen molar-refractivity contribution < 1.29 is 9.53 Å². The van der Waals surface area contributed by atoms with Crippen LogP contribution in [0, 0.1) is 12.3 Å². The molecule has 0 saturated heterocycles. The van der Waals surface area contributed by atoms with E-state index in [0.29, 0.717) is 17.7 Å². The second-order valence-corrected chi connectivity index (χ2v) is 12.7. The topological polar surface area (TPSA) is 55.0 Å².